The van der Waals surface area contributed by atoms with E-state index in [2.05, 4.69) is 5.32 Å². The van der Waals surface area contributed by atoms with E-state index in [0.717, 1.165) is 12.8 Å². The number of aliphatic carboxylic acids is 1. The van der Waals surface area contributed by atoms with Crippen molar-refractivity contribution in [2.45, 2.75) is 63.1 Å². The minimum Gasteiger partial charge on any atom is -0.481 e. The van der Waals surface area contributed by atoms with E-state index in [4.69, 9.17) is 4.74 Å². The number of carbonyl (C=O) groups is 2. The molecule has 1 amide bonds. The molecule has 0 aromatic heterocycles. The van der Waals surface area contributed by atoms with Gasteiger partial charge in [-0.05, 0) is 51.0 Å². The third-order valence-electron chi connectivity index (χ3n) is 5.68. The summed E-state index contributed by atoms with van der Waals surface area (Å²) in [7, 11) is -3.65. The highest BCUT2D eigenvalue weighted by molar-refractivity contribution is 7.89. The molecule has 1 aromatic carbocycles. The number of sulfonamides is 1. The van der Waals surface area contributed by atoms with Crippen molar-refractivity contribution in [1.82, 2.24) is 4.31 Å². The van der Waals surface area contributed by atoms with Crippen LogP contribution in [0.4, 0.5) is 5.69 Å². The molecule has 1 aliphatic carbocycles. The number of rotatable bonds is 6. The number of ether oxygens (including phenoxy) is 1. The van der Waals surface area contributed by atoms with Gasteiger partial charge in [0.05, 0.1) is 22.5 Å². The van der Waals surface area contributed by atoms with Gasteiger partial charge in [-0.3, -0.25) is 9.59 Å². The minimum atomic E-state index is -3.65. The summed E-state index contributed by atoms with van der Waals surface area (Å²) in [5.74, 6) is -1.30. The number of benzene rings is 1. The number of carboxylic acid groups (broad SMARTS) is 1. The topological polar surface area (TPSA) is 113 Å². The second-order valence-electron chi connectivity index (χ2n) is 8.12. The van der Waals surface area contributed by atoms with Crippen LogP contribution in [0.5, 0.6) is 0 Å². The third kappa shape index (κ3) is 4.79. The molecule has 0 bridgehead atoms. The molecule has 2 aliphatic rings. The summed E-state index contributed by atoms with van der Waals surface area (Å²) >= 11 is 0. The Balaban J connectivity index is 1.67. The number of nitrogens with one attached hydrogen (secondary N) is 1. The highest BCUT2D eigenvalue weighted by Gasteiger charge is 2.43. The maximum absolute atomic E-state index is 12.9. The van der Waals surface area contributed by atoms with Crippen LogP contribution in [0.1, 0.15) is 46.0 Å². The summed E-state index contributed by atoms with van der Waals surface area (Å²) in [4.78, 5) is 24.1. The first-order valence-electron chi connectivity index (χ1n) is 9.91. The fourth-order valence-corrected chi connectivity index (χ4v) is 5.81. The van der Waals surface area contributed by atoms with Crippen LogP contribution in [-0.2, 0) is 24.3 Å². The zero-order valence-electron chi connectivity index (χ0n) is 16.8. The number of nitrogens with zero attached hydrogens (tertiary/aromatic N) is 1. The van der Waals surface area contributed by atoms with Gasteiger partial charge in [0.25, 0.3) is 0 Å². The maximum atomic E-state index is 12.9. The van der Waals surface area contributed by atoms with Gasteiger partial charge < -0.3 is 15.2 Å². The van der Waals surface area contributed by atoms with E-state index in [1.54, 1.807) is 0 Å². The Labute approximate surface area is 171 Å². The monoisotopic (exact) mass is 424 g/mol. The Morgan fingerprint density at radius 1 is 1.14 bits per heavy atom. The third-order valence-corrected chi connectivity index (χ3v) is 7.52. The van der Waals surface area contributed by atoms with Crippen LogP contribution in [0.15, 0.2) is 29.2 Å². The molecule has 0 spiro atoms. The van der Waals surface area contributed by atoms with Gasteiger partial charge in [-0.2, -0.15) is 4.31 Å². The van der Waals surface area contributed by atoms with Gasteiger partial charge in [-0.15, -0.1) is 0 Å². The van der Waals surface area contributed by atoms with Gasteiger partial charge in [0.2, 0.25) is 15.9 Å². The Kier molecular flexibility index (Phi) is 6.30. The molecule has 0 unspecified atom stereocenters. The first kappa shape index (κ1) is 21.7. The van der Waals surface area contributed by atoms with Crippen molar-refractivity contribution in [3.05, 3.63) is 24.3 Å². The molecule has 1 saturated heterocycles. The SMILES string of the molecule is C[C@@H]1CN(S(=O)(=O)c2ccc(NC(=O)CC3(C(=O)O)CCCC3)cc2)C[C@@H](C)O1. The zero-order chi connectivity index (χ0) is 21.2. The number of hydrogen-bond acceptors (Lipinski definition) is 5. The van der Waals surface area contributed by atoms with Gasteiger partial charge in [0.15, 0.2) is 0 Å². The Morgan fingerprint density at radius 2 is 1.69 bits per heavy atom. The van der Waals surface area contributed by atoms with Crippen LogP contribution in [0.3, 0.4) is 0 Å². The van der Waals surface area contributed by atoms with Crippen molar-refractivity contribution in [2.75, 3.05) is 18.4 Å². The average Bonchev–Trinajstić information content (AvgIpc) is 3.11. The molecule has 8 nitrogen and oxygen atoms in total. The van der Waals surface area contributed by atoms with Crippen LogP contribution < -0.4 is 5.32 Å². The van der Waals surface area contributed by atoms with Crippen LogP contribution in [0, 0.1) is 5.41 Å². The second-order valence-corrected chi connectivity index (χ2v) is 10.1. The highest BCUT2D eigenvalue weighted by Crippen LogP contribution is 2.41. The van der Waals surface area contributed by atoms with E-state index in [-0.39, 0.29) is 29.4 Å². The summed E-state index contributed by atoms with van der Waals surface area (Å²) in [5, 5.41) is 12.2. The van der Waals surface area contributed by atoms with E-state index in [1.807, 2.05) is 13.8 Å². The Hall–Kier alpha value is -1.97. The van der Waals surface area contributed by atoms with Crippen molar-refractivity contribution in [3.63, 3.8) is 0 Å². The van der Waals surface area contributed by atoms with Gasteiger partial charge in [0.1, 0.15) is 0 Å². The van der Waals surface area contributed by atoms with Gasteiger partial charge >= 0.3 is 5.97 Å². The summed E-state index contributed by atoms with van der Waals surface area (Å²) in [6.45, 7) is 4.26. The molecular weight excluding hydrogens is 396 g/mol. The lowest BCUT2D eigenvalue weighted by Gasteiger charge is -2.34. The molecule has 1 heterocycles. The lowest BCUT2D eigenvalue weighted by molar-refractivity contribution is -0.150. The predicted octanol–water partition coefficient (Wildman–Crippen LogP) is 2.46. The number of amides is 1. The zero-order valence-corrected chi connectivity index (χ0v) is 17.6. The van der Waals surface area contributed by atoms with Crippen LogP contribution >= 0.6 is 0 Å². The Morgan fingerprint density at radius 3 is 2.21 bits per heavy atom. The van der Waals surface area contributed by atoms with E-state index in [1.165, 1.54) is 28.6 Å². The summed E-state index contributed by atoms with van der Waals surface area (Å²) < 4.78 is 32.8. The highest BCUT2D eigenvalue weighted by atomic mass is 32.2. The fraction of sp³-hybridized carbons (Fsp3) is 0.600. The summed E-state index contributed by atoms with van der Waals surface area (Å²) in [6.07, 6.45) is 2.20. The second kappa shape index (κ2) is 8.41. The quantitative estimate of drug-likeness (QED) is 0.725. The van der Waals surface area contributed by atoms with Crippen molar-refractivity contribution >= 4 is 27.6 Å². The number of morpholine rings is 1. The van der Waals surface area contributed by atoms with Crippen molar-refractivity contribution < 1.29 is 27.9 Å². The average molecular weight is 425 g/mol. The molecule has 2 N–H and O–H groups in total. The standard InChI is InChI=1S/C20H28N2O6S/c1-14-12-22(13-15(2)28-14)29(26,27)17-7-5-16(6-8-17)21-18(23)11-20(19(24)25)9-3-4-10-20/h5-8,14-15H,3-4,9-13H2,1-2H3,(H,21,23)(H,24,25)/t14-,15-/m1/s1. The molecule has 2 atom stereocenters. The largest absolute Gasteiger partial charge is 0.481 e. The molecule has 0 radical (unpaired) electrons. The fourth-order valence-electron chi connectivity index (χ4n) is 4.22. The molecule has 1 aliphatic heterocycles. The van der Waals surface area contributed by atoms with Crippen LogP contribution in [0.2, 0.25) is 0 Å². The van der Waals surface area contributed by atoms with Gasteiger partial charge in [-0.1, -0.05) is 12.8 Å². The number of carboxylic acids is 1. The van der Waals surface area contributed by atoms with Crippen molar-refractivity contribution in [2.24, 2.45) is 5.41 Å². The lowest BCUT2D eigenvalue weighted by atomic mass is 9.82. The molecule has 2 fully saturated rings. The predicted molar refractivity (Wildman–Crippen MR) is 107 cm³/mol. The molecule has 9 heteroatoms. The van der Waals surface area contributed by atoms with E-state index in [0.29, 0.717) is 31.6 Å². The normalized spacial score (nSPS) is 24.9. The van der Waals surface area contributed by atoms with Crippen LogP contribution in [0.25, 0.3) is 0 Å². The first-order valence-corrected chi connectivity index (χ1v) is 11.4. The maximum Gasteiger partial charge on any atom is 0.310 e. The van der Waals surface area contributed by atoms with Gasteiger partial charge in [0, 0.05) is 25.2 Å². The molecular formula is C20H28N2O6S. The Bertz CT molecular complexity index is 851. The molecule has 160 valence electrons. The summed E-state index contributed by atoms with van der Waals surface area (Å²) in [6, 6.07) is 5.97. The van der Waals surface area contributed by atoms with E-state index >= 15 is 0 Å². The summed E-state index contributed by atoms with van der Waals surface area (Å²) in [5.41, 5.74) is -0.548. The first-order chi connectivity index (χ1) is 13.6. The molecule has 3 rings (SSSR count). The van der Waals surface area contributed by atoms with Crippen molar-refractivity contribution in [1.29, 1.82) is 0 Å². The number of anilines is 1. The number of hydrogen-bond donors (Lipinski definition) is 2. The smallest absolute Gasteiger partial charge is 0.310 e. The molecule has 1 saturated carbocycles. The van der Waals surface area contributed by atoms with E-state index in [9.17, 15) is 23.1 Å². The van der Waals surface area contributed by atoms with E-state index < -0.39 is 21.4 Å². The molecule has 1 aromatic rings. The number of carbonyl (C=O) groups excluding carboxylic acids is 1. The van der Waals surface area contributed by atoms with Crippen LogP contribution in [-0.4, -0.2) is 55.0 Å². The lowest BCUT2D eigenvalue weighted by Crippen LogP contribution is -2.48. The van der Waals surface area contributed by atoms with Crippen molar-refractivity contribution in [3.8, 4) is 0 Å². The molecule has 29 heavy (non-hydrogen) atoms. The minimum absolute atomic E-state index is 0.0774. The van der Waals surface area contributed by atoms with Gasteiger partial charge in [-0.25, -0.2) is 8.42 Å².